The van der Waals surface area contributed by atoms with Crippen molar-refractivity contribution in [2.24, 2.45) is 0 Å². The number of hydrogen-bond donors (Lipinski definition) is 1. The molecule has 0 atom stereocenters. The summed E-state index contributed by atoms with van der Waals surface area (Å²) in [7, 11) is 0. The van der Waals surface area contributed by atoms with Gasteiger partial charge in [-0.2, -0.15) is 0 Å². The lowest BCUT2D eigenvalue weighted by atomic mass is 10.1. The van der Waals surface area contributed by atoms with Crippen LogP contribution in [0.3, 0.4) is 0 Å². The minimum absolute atomic E-state index is 0.115. The van der Waals surface area contributed by atoms with Gasteiger partial charge in [0, 0.05) is 23.9 Å². The van der Waals surface area contributed by atoms with E-state index in [0.29, 0.717) is 30.9 Å². The first kappa shape index (κ1) is 19.1. The molecular weight excluding hydrogens is 356 g/mol. The lowest BCUT2D eigenvalue weighted by molar-refractivity contribution is 0.0950. The molecule has 0 unspecified atom stereocenters. The molecule has 1 N–H and O–H groups in total. The average molecular weight is 381 g/mol. The van der Waals surface area contributed by atoms with Gasteiger partial charge in [-0.05, 0) is 25.5 Å². The van der Waals surface area contributed by atoms with Crippen LogP contribution in [0.1, 0.15) is 35.0 Å². The zero-order valence-corrected chi connectivity index (χ0v) is 16.5. The Hall–Kier alpha value is -2.66. The van der Waals surface area contributed by atoms with Gasteiger partial charge in [0.15, 0.2) is 0 Å². The van der Waals surface area contributed by atoms with Crippen LogP contribution >= 0.6 is 11.3 Å². The van der Waals surface area contributed by atoms with Gasteiger partial charge in [-0.15, -0.1) is 11.3 Å². The fourth-order valence-electron chi connectivity index (χ4n) is 2.64. The van der Waals surface area contributed by atoms with Crippen LogP contribution in [0.2, 0.25) is 0 Å². The van der Waals surface area contributed by atoms with Gasteiger partial charge in [-0.25, -0.2) is 4.98 Å². The van der Waals surface area contributed by atoms with Crippen LogP contribution in [0.15, 0.2) is 53.9 Å². The Labute approximate surface area is 164 Å². The number of carbonyl (C=O) groups excluding carboxylic acids is 1. The van der Waals surface area contributed by atoms with Crippen molar-refractivity contribution in [2.45, 2.75) is 26.7 Å². The lowest BCUT2D eigenvalue weighted by Gasteiger charge is -2.10. The van der Waals surface area contributed by atoms with Crippen LogP contribution in [0.5, 0.6) is 5.75 Å². The van der Waals surface area contributed by atoms with Crippen LogP contribution in [0.25, 0.3) is 10.6 Å². The Balaban J connectivity index is 1.56. The van der Waals surface area contributed by atoms with E-state index in [2.05, 4.69) is 46.9 Å². The smallest absolute Gasteiger partial charge is 0.255 e. The van der Waals surface area contributed by atoms with E-state index in [0.717, 1.165) is 22.7 Å². The molecule has 5 heteroatoms. The zero-order valence-electron chi connectivity index (χ0n) is 15.7. The summed E-state index contributed by atoms with van der Waals surface area (Å²) in [5.74, 6) is 0.517. The molecule has 2 aromatic carbocycles. The van der Waals surface area contributed by atoms with Crippen molar-refractivity contribution in [3.8, 4) is 16.3 Å². The molecule has 140 valence electrons. The van der Waals surface area contributed by atoms with Gasteiger partial charge in [0.1, 0.15) is 10.8 Å². The van der Waals surface area contributed by atoms with Crippen molar-refractivity contribution in [2.75, 3.05) is 13.2 Å². The maximum absolute atomic E-state index is 12.5. The Morgan fingerprint density at radius 3 is 2.70 bits per heavy atom. The number of aryl methyl sites for hydroxylation is 1. The first-order valence-corrected chi connectivity index (χ1v) is 10.1. The zero-order chi connectivity index (χ0) is 19.1. The monoisotopic (exact) mass is 380 g/mol. The van der Waals surface area contributed by atoms with Gasteiger partial charge in [0.2, 0.25) is 0 Å². The van der Waals surface area contributed by atoms with Crippen LogP contribution in [-0.4, -0.2) is 24.0 Å². The highest BCUT2D eigenvalue weighted by atomic mass is 32.1. The van der Waals surface area contributed by atoms with Crippen molar-refractivity contribution in [3.05, 3.63) is 70.7 Å². The fourth-order valence-corrected chi connectivity index (χ4v) is 3.50. The van der Waals surface area contributed by atoms with Crippen molar-refractivity contribution in [1.82, 2.24) is 10.3 Å². The highest BCUT2D eigenvalue weighted by molar-refractivity contribution is 7.13. The van der Waals surface area contributed by atoms with Crippen LogP contribution < -0.4 is 10.1 Å². The molecule has 1 aromatic heterocycles. The molecule has 0 aliphatic carbocycles. The summed E-state index contributed by atoms with van der Waals surface area (Å²) in [5, 5.41) is 6.03. The number of para-hydroxylation sites is 1. The summed E-state index contributed by atoms with van der Waals surface area (Å²) in [4.78, 5) is 17.1. The van der Waals surface area contributed by atoms with Gasteiger partial charge in [-0.3, -0.25) is 4.79 Å². The number of rotatable bonds is 8. The molecule has 27 heavy (non-hydrogen) atoms. The number of amides is 1. The largest absolute Gasteiger partial charge is 0.493 e. The molecule has 3 aromatic rings. The molecule has 0 bridgehead atoms. The first-order valence-electron chi connectivity index (χ1n) is 9.19. The minimum atomic E-state index is -0.115. The molecule has 0 radical (unpaired) electrons. The second-order valence-corrected chi connectivity index (χ2v) is 7.22. The molecule has 0 saturated carbocycles. The number of ether oxygens (including phenoxy) is 1. The normalized spacial score (nSPS) is 10.6. The molecule has 0 saturated heterocycles. The number of aromatic nitrogens is 1. The van der Waals surface area contributed by atoms with Gasteiger partial charge in [-0.1, -0.05) is 48.9 Å². The average Bonchev–Trinajstić information content (AvgIpc) is 3.16. The maximum atomic E-state index is 12.5. The third kappa shape index (κ3) is 5.17. The fraction of sp³-hybridized carbons (Fsp3) is 0.273. The number of hydrogen-bond acceptors (Lipinski definition) is 4. The van der Waals surface area contributed by atoms with E-state index < -0.39 is 0 Å². The van der Waals surface area contributed by atoms with Crippen LogP contribution in [0, 0.1) is 6.92 Å². The number of benzene rings is 2. The van der Waals surface area contributed by atoms with E-state index in [-0.39, 0.29) is 5.91 Å². The van der Waals surface area contributed by atoms with E-state index in [4.69, 9.17) is 4.74 Å². The Morgan fingerprint density at radius 2 is 1.93 bits per heavy atom. The third-order valence-electron chi connectivity index (χ3n) is 4.11. The Kier molecular flexibility index (Phi) is 6.60. The first-order chi connectivity index (χ1) is 13.2. The van der Waals surface area contributed by atoms with Gasteiger partial charge >= 0.3 is 0 Å². The van der Waals surface area contributed by atoms with Crippen LogP contribution in [0.4, 0.5) is 0 Å². The molecule has 3 rings (SSSR count). The number of nitrogens with one attached hydrogen (secondary N) is 1. The van der Waals surface area contributed by atoms with E-state index in [1.807, 2.05) is 25.1 Å². The molecule has 0 aliphatic rings. The summed E-state index contributed by atoms with van der Waals surface area (Å²) in [6, 6.07) is 15.7. The van der Waals surface area contributed by atoms with Crippen molar-refractivity contribution >= 4 is 17.2 Å². The second kappa shape index (κ2) is 9.33. The van der Waals surface area contributed by atoms with Crippen LogP contribution in [-0.2, 0) is 6.42 Å². The molecular formula is C22H24N2O2S. The predicted molar refractivity (Wildman–Crippen MR) is 111 cm³/mol. The maximum Gasteiger partial charge on any atom is 0.255 e. The standard InChI is InChI=1S/C22H24N2O2S/c1-3-14-26-20-7-5-4-6-19(20)21(25)23-13-12-18-15-27-22(24-18)17-10-8-16(2)9-11-17/h4-11,15H,3,12-14H2,1-2H3,(H,23,25). The predicted octanol–water partition coefficient (Wildman–Crippen LogP) is 4.88. The third-order valence-corrected chi connectivity index (χ3v) is 5.05. The Bertz CT molecular complexity index is 887. The molecule has 0 fully saturated rings. The summed E-state index contributed by atoms with van der Waals surface area (Å²) in [6.07, 6.45) is 1.61. The van der Waals surface area contributed by atoms with Crippen molar-refractivity contribution in [3.63, 3.8) is 0 Å². The van der Waals surface area contributed by atoms with Gasteiger partial charge in [0.05, 0.1) is 17.9 Å². The number of carbonyl (C=O) groups is 1. The molecule has 1 heterocycles. The quantitative estimate of drug-likeness (QED) is 0.606. The summed E-state index contributed by atoms with van der Waals surface area (Å²) >= 11 is 1.63. The molecule has 0 aliphatic heterocycles. The highest BCUT2D eigenvalue weighted by Crippen LogP contribution is 2.24. The van der Waals surface area contributed by atoms with Gasteiger partial charge < -0.3 is 10.1 Å². The van der Waals surface area contributed by atoms with E-state index >= 15 is 0 Å². The molecule has 0 spiro atoms. The SMILES string of the molecule is CCCOc1ccccc1C(=O)NCCc1csc(-c2ccc(C)cc2)n1. The minimum Gasteiger partial charge on any atom is -0.493 e. The topological polar surface area (TPSA) is 51.2 Å². The number of nitrogens with zero attached hydrogens (tertiary/aromatic N) is 1. The summed E-state index contributed by atoms with van der Waals surface area (Å²) in [6.45, 7) is 5.26. The Morgan fingerprint density at radius 1 is 1.15 bits per heavy atom. The lowest BCUT2D eigenvalue weighted by Crippen LogP contribution is -2.26. The highest BCUT2D eigenvalue weighted by Gasteiger charge is 2.12. The van der Waals surface area contributed by atoms with E-state index in [1.54, 1.807) is 17.4 Å². The molecule has 4 nitrogen and oxygen atoms in total. The van der Waals surface area contributed by atoms with E-state index in [9.17, 15) is 4.79 Å². The van der Waals surface area contributed by atoms with Gasteiger partial charge in [0.25, 0.3) is 5.91 Å². The van der Waals surface area contributed by atoms with E-state index in [1.165, 1.54) is 5.56 Å². The number of thiazole rings is 1. The second-order valence-electron chi connectivity index (χ2n) is 6.36. The van der Waals surface area contributed by atoms with Crippen molar-refractivity contribution < 1.29 is 9.53 Å². The van der Waals surface area contributed by atoms with Crippen molar-refractivity contribution in [1.29, 1.82) is 0 Å². The summed E-state index contributed by atoms with van der Waals surface area (Å²) in [5.41, 5.74) is 3.93. The molecule has 1 amide bonds. The summed E-state index contributed by atoms with van der Waals surface area (Å²) < 4.78 is 5.66.